The predicted molar refractivity (Wildman–Crippen MR) is 127 cm³/mol. The van der Waals surface area contributed by atoms with Gasteiger partial charge in [0.05, 0.1) is 11.6 Å². The number of nitrogen functional groups attached to an aromatic ring is 1. The normalized spacial score (nSPS) is 17.6. The zero-order chi connectivity index (χ0) is 22.3. The van der Waals surface area contributed by atoms with E-state index >= 15 is 0 Å². The highest BCUT2D eigenvalue weighted by Crippen LogP contribution is 2.48. The Labute approximate surface area is 195 Å². The van der Waals surface area contributed by atoms with Gasteiger partial charge in [-0.25, -0.2) is 15.0 Å². The molecule has 1 aliphatic heterocycles. The lowest BCUT2D eigenvalue weighted by Gasteiger charge is -2.39. The van der Waals surface area contributed by atoms with Crippen LogP contribution in [0, 0.1) is 0 Å². The number of aromatic nitrogens is 5. The van der Waals surface area contributed by atoms with Crippen molar-refractivity contribution >= 4 is 22.4 Å². The first-order valence-corrected chi connectivity index (χ1v) is 12.0. The van der Waals surface area contributed by atoms with Crippen LogP contribution in [0.2, 0.25) is 0 Å². The molecular formula is C23H24N8OS. The van der Waals surface area contributed by atoms with Gasteiger partial charge in [-0.2, -0.15) is 4.98 Å². The lowest BCUT2D eigenvalue weighted by molar-refractivity contribution is 0.273. The van der Waals surface area contributed by atoms with Gasteiger partial charge in [0.15, 0.2) is 11.0 Å². The van der Waals surface area contributed by atoms with Gasteiger partial charge in [-0.1, -0.05) is 47.2 Å². The smallest absolute Gasteiger partial charge is 0.269 e. The fraction of sp³-hybridized carbons (Fsp3) is 0.348. The van der Waals surface area contributed by atoms with Crippen LogP contribution in [0.4, 0.5) is 11.1 Å². The van der Waals surface area contributed by atoms with Crippen molar-refractivity contribution in [2.45, 2.75) is 24.7 Å². The molecule has 0 bridgehead atoms. The van der Waals surface area contributed by atoms with Crippen molar-refractivity contribution in [3.05, 3.63) is 54.2 Å². The quantitative estimate of drug-likeness (QED) is 0.463. The Morgan fingerprint density at radius 3 is 2.42 bits per heavy atom. The summed E-state index contributed by atoms with van der Waals surface area (Å²) >= 11 is 1.61. The van der Waals surface area contributed by atoms with Crippen LogP contribution in [0.15, 0.2) is 47.4 Å². The number of nitrogens with zero attached hydrogens (tertiary/aromatic N) is 6. The molecule has 1 saturated carbocycles. The van der Waals surface area contributed by atoms with Crippen molar-refractivity contribution in [2.24, 2.45) is 0 Å². The van der Waals surface area contributed by atoms with E-state index in [0.717, 1.165) is 72.4 Å². The standard InChI is InChI=1S/C23H24N8OS/c24-21-26-12-16(13-27-21)15-2-4-17(5-3-15)23(6-1-7-23)20-29-19(32-30-20)18-14-28-22(33-18)31-10-8-25-9-11-31/h2-5,12-14,25H,1,6-11H2,(H2,24,26,27). The molecule has 6 rings (SSSR count). The van der Waals surface area contributed by atoms with Crippen LogP contribution in [0.5, 0.6) is 0 Å². The summed E-state index contributed by atoms with van der Waals surface area (Å²) in [5.41, 5.74) is 8.59. The van der Waals surface area contributed by atoms with Crippen LogP contribution >= 0.6 is 11.3 Å². The lowest BCUT2D eigenvalue weighted by Crippen LogP contribution is -2.43. The zero-order valence-electron chi connectivity index (χ0n) is 18.1. The number of hydrogen-bond acceptors (Lipinski definition) is 10. The molecule has 0 amide bonds. The minimum Gasteiger partial charge on any atom is -0.368 e. The molecule has 1 saturated heterocycles. The van der Waals surface area contributed by atoms with E-state index in [1.165, 1.54) is 5.56 Å². The maximum absolute atomic E-state index is 5.71. The third-order valence-corrected chi connectivity index (χ3v) is 7.64. The largest absolute Gasteiger partial charge is 0.368 e. The van der Waals surface area contributed by atoms with Gasteiger partial charge in [-0.05, 0) is 24.0 Å². The second kappa shape index (κ2) is 8.20. The van der Waals surface area contributed by atoms with E-state index in [2.05, 4.69) is 54.6 Å². The van der Waals surface area contributed by atoms with Crippen molar-refractivity contribution < 1.29 is 4.52 Å². The minimum atomic E-state index is -0.204. The molecule has 2 fully saturated rings. The summed E-state index contributed by atoms with van der Waals surface area (Å²) in [5, 5.41) is 8.79. The topological polar surface area (TPSA) is 119 Å². The fourth-order valence-electron chi connectivity index (χ4n) is 4.52. The monoisotopic (exact) mass is 460 g/mol. The molecule has 168 valence electrons. The van der Waals surface area contributed by atoms with Crippen molar-refractivity contribution in [2.75, 3.05) is 36.8 Å². The van der Waals surface area contributed by atoms with Gasteiger partial charge in [-0.15, -0.1) is 0 Å². The first-order valence-electron chi connectivity index (χ1n) is 11.2. The van der Waals surface area contributed by atoms with Crippen LogP contribution in [-0.4, -0.2) is 51.3 Å². The van der Waals surface area contributed by atoms with E-state index < -0.39 is 0 Å². The van der Waals surface area contributed by atoms with E-state index in [1.54, 1.807) is 23.7 Å². The Hall–Kier alpha value is -3.37. The summed E-state index contributed by atoms with van der Waals surface area (Å²) in [6, 6.07) is 8.48. The number of anilines is 2. The van der Waals surface area contributed by atoms with Gasteiger partial charge in [0.25, 0.3) is 5.89 Å². The molecule has 3 aromatic heterocycles. The highest BCUT2D eigenvalue weighted by molar-refractivity contribution is 7.18. The molecular weight excluding hydrogens is 436 g/mol. The van der Waals surface area contributed by atoms with Crippen LogP contribution in [0.3, 0.4) is 0 Å². The Morgan fingerprint density at radius 1 is 0.970 bits per heavy atom. The number of rotatable bonds is 5. The average Bonchev–Trinajstić information content (AvgIpc) is 3.51. The molecule has 10 heteroatoms. The third-order valence-electron chi connectivity index (χ3n) is 6.60. The molecule has 4 aromatic rings. The van der Waals surface area contributed by atoms with Gasteiger partial charge in [0.1, 0.15) is 4.88 Å². The number of piperazine rings is 1. The Kier molecular flexibility index (Phi) is 5.03. The van der Waals surface area contributed by atoms with E-state index in [9.17, 15) is 0 Å². The van der Waals surface area contributed by atoms with Gasteiger partial charge in [0.2, 0.25) is 5.95 Å². The summed E-state index contributed by atoms with van der Waals surface area (Å²) in [7, 11) is 0. The van der Waals surface area contributed by atoms with E-state index in [0.29, 0.717) is 5.89 Å². The lowest BCUT2D eigenvalue weighted by atomic mass is 9.64. The fourth-order valence-corrected chi connectivity index (χ4v) is 5.41. The second-order valence-corrected chi connectivity index (χ2v) is 9.52. The van der Waals surface area contributed by atoms with Gasteiger partial charge >= 0.3 is 0 Å². The zero-order valence-corrected chi connectivity index (χ0v) is 18.9. The summed E-state index contributed by atoms with van der Waals surface area (Å²) in [6.07, 6.45) is 8.48. The summed E-state index contributed by atoms with van der Waals surface area (Å²) in [6.45, 7) is 3.88. The Morgan fingerprint density at radius 2 is 1.73 bits per heavy atom. The highest BCUT2D eigenvalue weighted by atomic mass is 32.1. The molecule has 9 nitrogen and oxygen atoms in total. The maximum atomic E-state index is 5.71. The maximum Gasteiger partial charge on any atom is 0.269 e. The second-order valence-electron chi connectivity index (χ2n) is 8.51. The van der Waals surface area contributed by atoms with Crippen molar-refractivity contribution in [3.63, 3.8) is 0 Å². The number of thiazole rings is 1. The summed E-state index contributed by atoms with van der Waals surface area (Å²) in [5.74, 6) is 1.58. The Bertz CT molecular complexity index is 1240. The number of hydrogen-bond donors (Lipinski definition) is 2. The van der Waals surface area contributed by atoms with Gasteiger partial charge < -0.3 is 20.5 Å². The van der Waals surface area contributed by atoms with Crippen molar-refractivity contribution in [1.29, 1.82) is 0 Å². The molecule has 0 spiro atoms. The molecule has 3 N–H and O–H groups in total. The SMILES string of the molecule is Nc1ncc(-c2ccc(C3(c4noc(-c5cnc(N6CCNCC6)s5)n4)CCC3)cc2)cn1. The first-order chi connectivity index (χ1) is 16.2. The van der Waals surface area contributed by atoms with Crippen LogP contribution in [-0.2, 0) is 5.41 Å². The number of nitrogens with one attached hydrogen (secondary N) is 1. The molecule has 33 heavy (non-hydrogen) atoms. The molecule has 0 radical (unpaired) electrons. The molecule has 0 unspecified atom stereocenters. The summed E-state index contributed by atoms with van der Waals surface area (Å²) < 4.78 is 5.71. The number of nitrogens with two attached hydrogens (primary N) is 1. The molecule has 1 aliphatic carbocycles. The molecule has 1 aromatic carbocycles. The van der Waals surface area contributed by atoms with E-state index in [4.69, 9.17) is 15.2 Å². The van der Waals surface area contributed by atoms with E-state index in [-0.39, 0.29) is 11.4 Å². The van der Waals surface area contributed by atoms with Crippen LogP contribution in [0.25, 0.3) is 21.9 Å². The first kappa shape index (κ1) is 20.3. The molecule has 0 atom stereocenters. The molecule has 2 aliphatic rings. The van der Waals surface area contributed by atoms with Crippen LogP contribution in [0.1, 0.15) is 30.7 Å². The Balaban J connectivity index is 1.25. The van der Waals surface area contributed by atoms with Crippen LogP contribution < -0.4 is 16.0 Å². The third kappa shape index (κ3) is 3.65. The van der Waals surface area contributed by atoms with Crippen molar-refractivity contribution in [1.82, 2.24) is 30.4 Å². The highest BCUT2D eigenvalue weighted by Gasteiger charge is 2.44. The van der Waals surface area contributed by atoms with E-state index in [1.807, 2.05) is 6.20 Å². The van der Waals surface area contributed by atoms with Gasteiger partial charge in [-0.3, -0.25) is 0 Å². The number of benzene rings is 1. The predicted octanol–water partition coefficient (Wildman–Crippen LogP) is 3.11. The van der Waals surface area contributed by atoms with Crippen molar-refractivity contribution in [3.8, 4) is 21.9 Å². The average molecular weight is 461 g/mol. The minimum absolute atomic E-state index is 0.204. The molecule has 4 heterocycles. The van der Waals surface area contributed by atoms with Gasteiger partial charge in [0, 0.05) is 44.1 Å². The summed E-state index contributed by atoms with van der Waals surface area (Å²) in [4.78, 5) is 20.8.